The number of halogens is 1. The lowest BCUT2D eigenvalue weighted by molar-refractivity contribution is 0.0522. The first-order valence-electron chi connectivity index (χ1n) is 6.84. The van der Waals surface area contributed by atoms with E-state index in [1.54, 1.807) is 37.5 Å². The molecule has 3 rings (SSSR count). The molecule has 2 heterocycles. The third kappa shape index (κ3) is 2.63. The summed E-state index contributed by atoms with van der Waals surface area (Å²) >= 11 is 0. The maximum atomic E-state index is 13.5. The Morgan fingerprint density at radius 1 is 1.32 bits per heavy atom. The van der Waals surface area contributed by atoms with E-state index in [2.05, 4.69) is 15.3 Å². The smallest absolute Gasteiger partial charge is 0.356 e. The predicted octanol–water partition coefficient (Wildman–Crippen LogP) is 3.62. The molecule has 0 atom stereocenters. The Morgan fingerprint density at radius 2 is 2.09 bits per heavy atom. The van der Waals surface area contributed by atoms with Crippen LogP contribution in [0.1, 0.15) is 17.4 Å². The molecule has 0 spiro atoms. The zero-order chi connectivity index (χ0) is 15.5. The van der Waals surface area contributed by atoms with E-state index in [1.165, 1.54) is 12.1 Å². The van der Waals surface area contributed by atoms with E-state index in [0.29, 0.717) is 16.6 Å². The molecule has 0 aliphatic rings. The molecule has 2 aromatic heterocycles. The number of benzene rings is 1. The van der Waals surface area contributed by atoms with Crippen molar-refractivity contribution in [3.63, 3.8) is 0 Å². The van der Waals surface area contributed by atoms with Gasteiger partial charge in [-0.2, -0.15) is 0 Å². The Hall–Kier alpha value is -2.89. The molecule has 1 aromatic carbocycles. The summed E-state index contributed by atoms with van der Waals surface area (Å²) in [5.74, 6) is -0.865. The summed E-state index contributed by atoms with van der Waals surface area (Å²) in [6.07, 6.45) is 3.25. The van der Waals surface area contributed by atoms with Gasteiger partial charge in [-0.05, 0) is 37.3 Å². The summed E-state index contributed by atoms with van der Waals surface area (Å²) in [5, 5.41) is 3.71. The third-order valence-corrected chi connectivity index (χ3v) is 3.19. The van der Waals surface area contributed by atoms with Crippen LogP contribution >= 0.6 is 0 Å². The number of aromatic nitrogens is 2. The summed E-state index contributed by atoms with van der Waals surface area (Å²) in [6, 6.07) is 7.81. The number of pyridine rings is 1. The zero-order valence-corrected chi connectivity index (χ0v) is 11.9. The lowest BCUT2D eigenvalue weighted by Crippen LogP contribution is -2.07. The molecule has 22 heavy (non-hydrogen) atoms. The van der Waals surface area contributed by atoms with Crippen molar-refractivity contribution in [2.75, 3.05) is 11.9 Å². The Bertz CT molecular complexity index is 815. The number of H-pyrrole nitrogens is 1. The first-order valence-corrected chi connectivity index (χ1v) is 6.84. The molecule has 0 saturated heterocycles. The Kier molecular flexibility index (Phi) is 3.74. The normalized spacial score (nSPS) is 10.6. The molecule has 5 nitrogen and oxygen atoms in total. The van der Waals surface area contributed by atoms with Crippen molar-refractivity contribution in [3.05, 3.63) is 54.2 Å². The van der Waals surface area contributed by atoms with Gasteiger partial charge < -0.3 is 15.0 Å². The van der Waals surface area contributed by atoms with E-state index < -0.39 is 5.97 Å². The van der Waals surface area contributed by atoms with Gasteiger partial charge >= 0.3 is 5.97 Å². The van der Waals surface area contributed by atoms with E-state index in [9.17, 15) is 9.18 Å². The second-order valence-corrected chi connectivity index (χ2v) is 4.65. The van der Waals surface area contributed by atoms with Crippen molar-refractivity contribution in [1.29, 1.82) is 0 Å². The van der Waals surface area contributed by atoms with Crippen LogP contribution in [0, 0.1) is 5.82 Å². The molecule has 112 valence electrons. The Morgan fingerprint density at radius 3 is 2.82 bits per heavy atom. The molecule has 0 saturated carbocycles. The third-order valence-electron chi connectivity index (χ3n) is 3.19. The lowest BCUT2D eigenvalue weighted by atomic mass is 10.2. The summed E-state index contributed by atoms with van der Waals surface area (Å²) in [4.78, 5) is 19.0. The van der Waals surface area contributed by atoms with Crippen LogP contribution in [0.2, 0.25) is 0 Å². The standard InChI is InChI=1S/C16H14FN3O2/c1-2-22-16(21)15-14(19-11-5-7-18-8-6-11)12-9-10(17)3-4-13(12)20-15/h3-9,20H,2H2,1H3,(H,18,19). The van der Waals surface area contributed by atoms with E-state index in [1.807, 2.05) is 0 Å². The first-order chi connectivity index (χ1) is 10.7. The number of aromatic amines is 1. The number of nitrogens with zero attached hydrogens (tertiary/aromatic N) is 1. The Labute approximate surface area is 126 Å². The molecule has 3 aromatic rings. The molecule has 0 fully saturated rings. The number of esters is 1. The van der Waals surface area contributed by atoms with Crippen molar-refractivity contribution < 1.29 is 13.9 Å². The highest BCUT2D eigenvalue weighted by atomic mass is 19.1. The fourth-order valence-electron chi connectivity index (χ4n) is 2.23. The minimum atomic E-state index is -0.490. The van der Waals surface area contributed by atoms with Crippen LogP contribution in [0.15, 0.2) is 42.7 Å². The van der Waals surface area contributed by atoms with Crippen molar-refractivity contribution in [3.8, 4) is 0 Å². The number of hydrogen-bond acceptors (Lipinski definition) is 4. The highest BCUT2D eigenvalue weighted by Crippen LogP contribution is 2.31. The van der Waals surface area contributed by atoms with Gasteiger partial charge in [0.05, 0.1) is 12.3 Å². The van der Waals surface area contributed by atoms with Gasteiger partial charge in [-0.25, -0.2) is 9.18 Å². The lowest BCUT2D eigenvalue weighted by Gasteiger charge is -2.08. The average Bonchev–Trinajstić information content (AvgIpc) is 2.87. The quantitative estimate of drug-likeness (QED) is 0.722. The van der Waals surface area contributed by atoms with Crippen molar-refractivity contribution >= 4 is 28.2 Å². The monoisotopic (exact) mass is 299 g/mol. The highest BCUT2D eigenvalue weighted by molar-refractivity contribution is 6.07. The van der Waals surface area contributed by atoms with Gasteiger partial charge in [0.1, 0.15) is 11.5 Å². The number of ether oxygens (including phenoxy) is 1. The maximum absolute atomic E-state index is 13.5. The van der Waals surface area contributed by atoms with Crippen LogP contribution in [0.4, 0.5) is 15.8 Å². The van der Waals surface area contributed by atoms with E-state index in [4.69, 9.17) is 4.74 Å². The summed E-state index contributed by atoms with van der Waals surface area (Å²) < 4.78 is 18.6. The fraction of sp³-hybridized carbons (Fsp3) is 0.125. The van der Waals surface area contributed by atoms with Crippen molar-refractivity contribution in [2.24, 2.45) is 0 Å². The number of hydrogen-bond donors (Lipinski definition) is 2. The highest BCUT2D eigenvalue weighted by Gasteiger charge is 2.19. The molecular weight excluding hydrogens is 285 g/mol. The molecule has 6 heteroatoms. The van der Waals surface area contributed by atoms with E-state index >= 15 is 0 Å². The molecule has 0 radical (unpaired) electrons. The van der Waals surface area contributed by atoms with Crippen molar-refractivity contribution in [1.82, 2.24) is 9.97 Å². The molecular formula is C16H14FN3O2. The van der Waals surface area contributed by atoms with E-state index in [0.717, 1.165) is 5.69 Å². The van der Waals surface area contributed by atoms with Gasteiger partial charge in [0.15, 0.2) is 0 Å². The molecule has 0 aliphatic heterocycles. The van der Waals surface area contributed by atoms with Gasteiger partial charge in [0, 0.05) is 29.0 Å². The topological polar surface area (TPSA) is 67.0 Å². The number of anilines is 2. The van der Waals surface area contributed by atoms with E-state index in [-0.39, 0.29) is 18.1 Å². The van der Waals surface area contributed by atoms with Gasteiger partial charge in [-0.1, -0.05) is 0 Å². The van der Waals surface area contributed by atoms with Crippen LogP contribution in [0.3, 0.4) is 0 Å². The summed E-state index contributed by atoms with van der Waals surface area (Å²) in [5.41, 5.74) is 2.14. The summed E-state index contributed by atoms with van der Waals surface area (Å²) in [6.45, 7) is 1.99. The van der Waals surface area contributed by atoms with Crippen molar-refractivity contribution in [2.45, 2.75) is 6.92 Å². The predicted molar refractivity (Wildman–Crippen MR) is 81.7 cm³/mol. The van der Waals surface area contributed by atoms with Crippen LogP contribution in [-0.2, 0) is 4.74 Å². The van der Waals surface area contributed by atoms with Crippen LogP contribution < -0.4 is 5.32 Å². The van der Waals surface area contributed by atoms with Gasteiger partial charge in [0.25, 0.3) is 0 Å². The second-order valence-electron chi connectivity index (χ2n) is 4.65. The molecule has 2 N–H and O–H groups in total. The van der Waals surface area contributed by atoms with Crippen LogP contribution in [-0.4, -0.2) is 22.5 Å². The maximum Gasteiger partial charge on any atom is 0.356 e. The average molecular weight is 299 g/mol. The molecule has 0 aliphatic carbocycles. The minimum Gasteiger partial charge on any atom is -0.461 e. The minimum absolute atomic E-state index is 0.261. The number of nitrogens with one attached hydrogen (secondary N) is 2. The van der Waals surface area contributed by atoms with Crippen LogP contribution in [0.25, 0.3) is 10.9 Å². The SMILES string of the molecule is CCOC(=O)c1[nH]c2ccc(F)cc2c1Nc1ccncc1. The molecule has 0 unspecified atom stereocenters. The summed E-state index contributed by atoms with van der Waals surface area (Å²) in [7, 11) is 0. The first kappa shape index (κ1) is 14.1. The fourth-order valence-corrected chi connectivity index (χ4v) is 2.23. The van der Waals surface area contributed by atoms with Gasteiger partial charge in [-0.15, -0.1) is 0 Å². The number of fused-ring (bicyclic) bond motifs is 1. The zero-order valence-electron chi connectivity index (χ0n) is 11.9. The Balaban J connectivity index is 2.13. The van der Waals surface area contributed by atoms with Crippen LogP contribution in [0.5, 0.6) is 0 Å². The number of carbonyl (C=O) groups excluding carboxylic acids is 1. The van der Waals surface area contributed by atoms with Gasteiger partial charge in [-0.3, -0.25) is 4.98 Å². The molecule has 0 amide bonds. The molecule has 0 bridgehead atoms. The largest absolute Gasteiger partial charge is 0.461 e. The van der Waals surface area contributed by atoms with Gasteiger partial charge in [0.2, 0.25) is 0 Å². The number of rotatable bonds is 4. The second kappa shape index (κ2) is 5.85. The number of carbonyl (C=O) groups is 1.